The molecular formula is C20H25NO2. The number of nitrogens with one attached hydrogen (secondary N) is 1. The molecule has 0 bridgehead atoms. The first-order valence-corrected chi connectivity index (χ1v) is 8.13. The lowest BCUT2D eigenvalue weighted by molar-refractivity contribution is -0.120. The topological polar surface area (TPSA) is 38.3 Å². The fourth-order valence-corrected chi connectivity index (χ4v) is 2.46. The number of hydrogen-bond donors (Lipinski definition) is 1. The van der Waals surface area contributed by atoms with Crippen molar-refractivity contribution >= 4 is 5.91 Å². The fraction of sp³-hybridized carbons (Fsp3) is 0.350. The molecule has 1 amide bonds. The molecule has 0 radical (unpaired) electrons. The first-order valence-electron chi connectivity index (χ1n) is 8.13. The second kappa shape index (κ2) is 8.37. The van der Waals surface area contributed by atoms with Gasteiger partial charge < -0.3 is 10.1 Å². The predicted octanol–water partition coefficient (Wildman–Crippen LogP) is 3.60. The van der Waals surface area contributed by atoms with E-state index in [9.17, 15) is 4.79 Å². The molecule has 122 valence electrons. The first kappa shape index (κ1) is 17.1. The van der Waals surface area contributed by atoms with Crippen molar-refractivity contribution < 1.29 is 9.53 Å². The van der Waals surface area contributed by atoms with Crippen LogP contribution in [0, 0.1) is 13.8 Å². The zero-order valence-corrected chi connectivity index (χ0v) is 14.2. The van der Waals surface area contributed by atoms with E-state index >= 15 is 0 Å². The van der Waals surface area contributed by atoms with Crippen molar-refractivity contribution in [1.82, 2.24) is 5.32 Å². The minimum absolute atomic E-state index is 0.0295. The van der Waals surface area contributed by atoms with Crippen molar-refractivity contribution in [3.63, 3.8) is 0 Å². The van der Waals surface area contributed by atoms with E-state index in [-0.39, 0.29) is 5.91 Å². The van der Waals surface area contributed by atoms with E-state index in [1.165, 1.54) is 11.1 Å². The van der Waals surface area contributed by atoms with Crippen LogP contribution >= 0.6 is 0 Å². The second-order valence-corrected chi connectivity index (χ2v) is 5.80. The summed E-state index contributed by atoms with van der Waals surface area (Å²) in [5.41, 5.74) is 4.74. The van der Waals surface area contributed by atoms with E-state index in [0.29, 0.717) is 19.6 Å². The average molecular weight is 311 g/mol. The van der Waals surface area contributed by atoms with Gasteiger partial charge in [0.15, 0.2) is 0 Å². The van der Waals surface area contributed by atoms with Gasteiger partial charge in [0.25, 0.3) is 0 Å². The Bertz CT molecular complexity index is 647. The molecule has 2 rings (SSSR count). The third kappa shape index (κ3) is 5.44. The van der Waals surface area contributed by atoms with Crippen LogP contribution in [0.25, 0.3) is 0 Å². The first-order chi connectivity index (χ1) is 11.1. The molecule has 0 fully saturated rings. The third-order valence-electron chi connectivity index (χ3n) is 3.87. The third-order valence-corrected chi connectivity index (χ3v) is 3.87. The second-order valence-electron chi connectivity index (χ2n) is 5.80. The van der Waals surface area contributed by atoms with Crippen LogP contribution in [0.2, 0.25) is 0 Å². The molecular weight excluding hydrogens is 286 g/mol. The van der Waals surface area contributed by atoms with Gasteiger partial charge in [-0.2, -0.15) is 0 Å². The smallest absolute Gasteiger partial charge is 0.224 e. The molecule has 2 aromatic carbocycles. The Morgan fingerprint density at radius 1 is 1.09 bits per heavy atom. The summed E-state index contributed by atoms with van der Waals surface area (Å²) in [7, 11) is 0. The highest BCUT2D eigenvalue weighted by molar-refractivity contribution is 5.78. The summed E-state index contributed by atoms with van der Waals surface area (Å²) in [5, 5.41) is 2.90. The monoisotopic (exact) mass is 311 g/mol. The highest BCUT2D eigenvalue weighted by Crippen LogP contribution is 2.12. The Kier molecular flexibility index (Phi) is 6.21. The number of ether oxygens (including phenoxy) is 1. The van der Waals surface area contributed by atoms with E-state index in [1.807, 2.05) is 31.2 Å². The maximum Gasteiger partial charge on any atom is 0.224 e. The average Bonchev–Trinajstić information content (AvgIpc) is 2.55. The summed E-state index contributed by atoms with van der Waals surface area (Å²) in [6.07, 6.45) is 1.44. The Hall–Kier alpha value is -2.29. The molecule has 2 aromatic rings. The molecule has 0 aliphatic carbocycles. The van der Waals surface area contributed by atoms with Gasteiger partial charge in [-0.05, 0) is 49.1 Å². The Morgan fingerprint density at radius 2 is 1.83 bits per heavy atom. The molecule has 0 aromatic heterocycles. The van der Waals surface area contributed by atoms with Gasteiger partial charge in [0, 0.05) is 0 Å². The molecule has 0 saturated heterocycles. The molecule has 3 nitrogen and oxygen atoms in total. The van der Waals surface area contributed by atoms with Gasteiger partial charge in [0.05, 0.1) is 13.0 Å². The maximum absolute atomic E-state index is 12.0. The lowest BCUT2D eigenvalue weighted by Crippen LogP contribution is -2.29. The molecule has 3 heteroatoms. The number of amides is 1. The summed E-state index contributed by atoms with van der Waals surface area (Å²) in [5.74, 6) is 0.868. The zero-order chi connectivity index (χ0) is 16.7. The van der Waals surface area contributed by atoms with Crippen molar-refractivity contribution in [2.24, 2.45) is 0 Å². The van der Waals surface area contributed by atoms with Crippen molar-refractivity contribution in [3.8, 4) is 5.75 Å². The van der Waals surface area contributed by atoms with E-state index < -0.39 is 0 Å². The van der Waals surface area contributed by atoms with Gasteiger partial charge in [-0.15, -0.1) is 0 Å². The number of carbonyl (C=O) groups is 1. The largest absolute Gasteiger partial charge is 0.492 e. The number of benzene rings is 2. The minimum Gasteiger partial charge on any atom is -0.492 e. The number of hydrogen-bond acceptors (Lipinski definition) is 2. The summed E-state index contributed by atoms with van der Waals surface area (Å²) >= 11 is 0. The molecule has 0 aliphatic heterocycles. The molecule has 0 heterocycles. The van der Waals surface area contributed by atoms with Crippen molar-refractivity contribution in [2.75, 3.05) is 13.2 Å². The quantitative estimate of drug-likeness (QED) is 0.793. The SMILES string of the molecule is CCc1ccc(OCCNC(=O)Cc2ccc(C)cc2C)cc1. The van der Waals surface area contributed by atoms with Crippen LogP contribution in [0.4, 0.5) is 0 Å². The van der Waals surface area contributed by atoms with E-state index in [4.69, 9.17) is 4.74 Å². The molecule has 0 atom stereocenters. The summed E-state index contributed by atoms with van der Waals surface area (Å²) < 4.78 is 5.63. The van der Waals surface area contributed by atoms with Crippen LogP contribution in [-0.4, -0.2) is 19.1 Å². The van der Waals surface area contributed by atoms with Crippen LogP contribution < -0.4 is 10.1 Å². The Balaban J connectivity index is 1.72. The molecule has 0 unspecified atom stereocenters. The van der Waals surface area contributed by atoms with Crippen molar-refractivity contribution in [2.45, 2.75) is 33.6 Å². The van der Waals surface area contributed by atoms with Gasteiger partial charge in [0.1, 0.15) is 12.4 Å². The van der Waals surface area contributed by atoms with Gasteiger partial charge in [-0.25, -0.2) is 0 Å². The normalized spacial score (nSPS) is 10.4. The van der Waals surface area contributed by atoms with Gasteiger partial charge in [-0.3, -0.25) is 4.79 Å². The predicted molar refractivity (Wildman–Crippen MR) is 93.9 cm³/mol. The van der Waals surface area contributed by atoms with Gasteiger partial charge >= 0.3 is 0 Å². The van der Waals surface area contributed by atoms with Gasteiger partial charge in [-0.1, -0.05) is 42.8 Å². The standard InChI is InChI=1S/C20H25NO2/c1-4-17-6-9-19(10-7-17)23-12-11-21-20(22)14-18-8-5-15(2)13-16(18)3/h5-10,13H,4,11-12,14H2,1-3H3,(H,21,22). The Labute approximate surface area is 138 Å². The van der Waals surface area contributed by atoms with Crippen molar-refractivity contribution in [3.05, 3.63) is 64.7 Å². The summed E-state index contributed by atoms with van der Waals surface area (Å²) in [4.78, 5) is 12.0. The van der Waals surface area contributed by atoms with E-state index in [2.05, 4.69) is 37.4 Å². The van der Waals surface area contributed by atoms with Crippen molar-refractivity contribution in [1.29, 1.82) is 0 Å². The van der Waals surface area contributed by atoms with Crippen LogP contribution in [-0.2, 0) is 17.6 Å². The zero-order valence-electron chi connectivity index (χ0n) is 14.2. The summed E-state index contributed by atoms with van der Waals surface area (Å²) in [6, 6.07) is 14.2. The van der Waals surface area contributed by atoms with Gasteiger partial charge in [0.2, 0.25) is 5.91 Å². The Morgan fingerprint density at radius 3 is 2.48 bits per heavy atom. The van der Waals surface area contributed by atoms with E-state index in [0.717, 1.165) is 23.3 Å². The molecule has 23 heavy (non-hydrogen) atoms. The van der Waals surface area contributed by atoms with Crippen LogP contribution in [0.3, 0.4) is 0 Å². The maximum atomic E-state index is 12.0. The minimum atomic E-state index is 0.0295. The number of rotatable bonds is 7. The van der Waals surface area contributed by atoms with Crippen LogP contribution in [0.1, 0.15) is 29.2 Å². The summed E-state index contributed by atoms with van der Waals surface area (Å²) in [6.45, 7) is 7.21. The molecule has 0 aliphatic rings. The number of aryl methyl sites for hydroxylation is 3. The molecule has 1 N–H and O–H groups in total. The lowest BCUT2D eigenvalue weighted by Gasteiger charge is -2.10. The van der Waals surface area contributed by atoms with Crippen LogP contribution in [0.15, 0.2) is 42.5 Å². The number of carbonyl (C=O) groups excluding carboxylic acids is 1. The highest BCUT2D eigenvalue weighted by atomic mass is 16.5. The highest BCUT2D eigenvalue weighted by Gasteiger charge is 2.05. The molecule has 0 spiro atoms. The fourth-order valence-electron chi connectivity index (χ4n) is 2.46. The van der Waals surface area contributed by atoms with Crippen LogP contribution in [0.5, 0.6) is 5.75 Å². The molecule has 0 saturated carbocycles. The van der Waals surface area contributed by atoms with E-state index in [1.54, 1.807) is 0 Å². The lowest BCUT2D eigenvalue weighted by atomic mass is 10.0.